The summed E-state index contributed by atoms with van der Waals surface area (Å²) in [6.07, 6.45) is 7.31. The average Bonchev–Trinajstić information content (AvgIpc) is 3.12. The number of carbonyl (C=O) groups excluding carboxylic acids is 2. The maximum absolute atomic E-state index is 13.2. The van der Waals surface area contributed by atoms with E-state index in [9.17, 15) is 9.59 Å². The first-order chi connectivity index (χ1) is 13.8. The molecule has 29 heavy (non-hydrogen) atoms. The van der Waals surface area contributed by atoms with Gasteiger partial charge in [0.2, 0.25) is 5.91 Å². The van der Waals surface area contributed by atoms with Crippen LogP contribution < -0.4 is 5.32 Å². The summed E-state index contributed by atoms with van der Waals surface area (Å²) in [5, 5.41) is 3.36. The third-order valence-corrected chi connectivity index (χ3v) is 6.23. The SMILES string of the molecule is CC1C=CC=C(c2sc(C(=O)N3CC(=O)NC(C)(C)C3)nc2-c2ccccc2)C1. The van der Waals surface area contributed by atoms with Crippen molar-refractivity contribution in [2.45, 2.75) is 32.7 Å². The van der Waals surface area contributed by atoms with E-state index < -0.39 is 5.54 Å². The Labute approximate surface area is 175 Å². The van der Waals surface area contributed by atoms with Gasteiger partial charge in [-0.25, -0.2) is 4.98 Å². The molecule has 0 bridgehead atoms. The largest absolute Gasteiger partial charge is 0.348 e. The summed E-state index contributed by atoms with van der Waals surface area (Å²) in [6.45, 7) is 6.57. The predicted octanol–water partition coefficient (Wildman–Crippen LogP) is 4.14. The molecule has 6 heteroatoms. The standard InChI is InChI=1S/C23H25N3O2S/c1-15-8-7-11-17(12-15)20-19(16-9-5-4-6-10-16)24-21(29-20)22(28)26-13-18(27)25-23(2,3)14-26/h4-11,15H,12-14H2,1-3H3,(H,25,27). The summed E-state index contributed by atoms with van der Waals surface area (Å²) in [6, 6.07) is 9.98. The van der Waals surface area contributed by atoms with Crippen LogP contribution in [0.2, 0.25) is 0 Å². The Morgan fingerprint density at radius 1 is 1.28 bits per heavy atom. The maximum atomic E-state index is 13.2. The van der Waals surface area contributed by atoms with Crippen molar-refractivity contribution in [2.24, 2.45) is 5.92 Å². The normalized spacial score (nSPS) is 20.9. The van der Waals surface area contributed by atoms with Gasteiger partial charge in [0.1, 0.15) is 6.54 Å². The van der Waals surface area contributed by atoms with Crippen LogP contribution in [0, 0.1) is 5.92 Å². The molecule has 150 valence electrons. The van der Waals surface area contributed by atoms with Gasteiger partial charge >= 0.3 is 0 Å². The van der Waals surface area contributed by atoms with Crippen LogP contribution in [0.1, 0.15) is 41.9 Å². The van der Waals surface area contributed by atoms with Gasteiger partial charge in [0.15, 0.2) is 5.01 Å². The third-order valence-electron chi connectivity index (χ3n) is 5.11. The summed E-state index contributed by atoms with van der Waals surface area (Å²) >= 11 is 1.43. The molecule has 1 aliphatic heterocycles. The number of nitrogens with zero attached hydrogens (tertiary/aromatic N) is 2. The number of amides is 2. The molecule has 1 aromatic carbocycles. The minimum atomic E-state index is -0.445. The van der Waals surface area contributed by atoms with Gasteiger partial charge in [-0.15, -0.1) is 11.3 Å². The van der Waals surface area contributed by atoms with Crippen molar-refractivity contribution in [1.82, 2.24) is 15.2 Å². The first-order valence-electron chi connectivity index (χ1n) is 9.87. The van der Waals surface area contributed by atoms with Gasteiger partial charge in [0, 0.05) is 12.1 Å². The Hall–Kier alpha value is -2.73. The number of thiazole rings is 1. The molecule has 1 unspecified atom stereocenters. The predicted molar refractivity (Wildman–Crippen MR) is 117 cm³/mol. The highest BCUT2D eigenvalue weighted by Crippen LogP contribution is 2.38. The lowest BCUT2D eigenvalue weighted by Crippen LogP contribution is -2.61. The molecule has 0 radical (unpaired) electrons. The Balaban J connectivity index is 1.73. The van der Waals surface area contributed by atoms with Crippen LogP contribution >= 0.6 is 11.3 Å². The molecule has 1 aliphatic carbocycles. The number of aromatic nitrogens is 1. The lowest BCUT2D eigenvalue weighted by Gasteiger charge is -2.38. The van der Waals surface area contributed by atoms with Gasteiger partial charge in [-0.05, 0) is 31.8 Å². The Morgan fingerprint density at radius 2 is 2.03 bits per heavy atom. The lowest BCUT2D eigenvalue weighted by molar-refractivity contribution is -0.126. The molecule has 1 fully saturated rings. The highest BCUT2D eigenvalue weighted by Gasteiger charge is 2.35. The summed E-state index contributed by atoms with van der Waals surface area (Å²) in [5.41, 5.74) is 2.59. The molecule has 2 heterocycles. The summed E-state index contributed by atoms with van der Waals surface area (Å²) in [7, 11) is 0. The topological polar surface area (TPSA) is 62.3 Å². The van der Waals surface area contributed by atoms with Crippen LogP contribution in [-0.2, 0) is 4.79 Å². The van der Waals surface area contributed by atoms with Crippen molar-refractivity contribution in [1.29, 1.82) is 0 Å². The fraction of sp³-hybridized carbons (Fsp3) is 0.348. The number of carbonyl (C=O) groups is 2. The minimum absolute atomic E-state index is 0.0698. The molecular formula is C23H25N3O2S. The lowest BCUT2D eigenvalue weighted by atomic mass is 9.93. The van der Waals surface area contributed by atoms with Crippen molar-refractivity contribution in [3.63, 3.8) is 0 Å². The number of rotatable bonds is 3. The zero-order valence-electron chi connectivity index (χ0n) is 16.9. The van der Waals surface area contributed by atoms with E-state index in [4.69, 9.17) is 4.98 Å². The van der Waals surface area contributed by atoms with E-state index in [-0.39, 0.29) is 18.4 Å². The van der Waals surface area contributed by atoms with Gasteiger partial charge in [0.25, 0.3) is 5.91 Å². The van der Waals surface area contributed by atoms with Gasteiger partial charge in [-0.2, -0.15) is 0 Å². The molecule has 1 aromatic heterocycles. The van der Waals surface area contributed by atoms with E-state index in [1.165, 1.54) is 16.9 Å². The van der Waals surface area contributed by atoms with E-state index in [0.717, 1.165) is 22.6 Å². The van der Waals surface area contributed by atoms with Gasteiger partial charge in [0.05, 0.1) is 16.1 Å². The van der Waals surface area contributed by atoms with Crippen LogP contribution in [-0.4, -0.2) is 40.3 Å². The molecule has 0 saturated carbocycles. The quantitative estimate of drug-likeness (QED) is 0.832. The van der Waals surface area contributed by atoms with E-state index in [1.54, 1.807) is 4.90 Å². The average molecular weight is 408 g/mol. The molecule has 2 amide bonds. The fourth-order valence-corrected chi connectivity index (χ4v) is 4.96. The fourth-order valence-electron chi connectivity index (χ4n) is 3.88. The monoisotopic (exact) mass is 407 g/mol. The molecular weight excluding hydrogens is 382 g/mol. The van der Waals surface area contributed by atoms with Crippen LogP contribution in [0.15, 0.2) is 48.6 Å². The summed E-state index contributed by atoms with van der Waals surface area (Å²) in [5.74, 6) is 0.136. The van der Waals surface area contributed by atoms with E-state index in [1.807, 2.05) is 44.2 Å². The van der Waals surface area contributed by atoms with Crippen LogP contribution in [0.5, 0.6) is 0 Å². The van der Waals surface area contributed by atoms with E-state index in [0.29, 0.717) is 17.5 Å². The van der Waals surface area contributed by atoms with Crippen molar-refractivity contribution in [3.8, 4) is 11.3 Å². The molecule has 1 saturated heterocycles. The number of nitrogens with one attached hydrogen (secondary N) is 1. The van der Waals surface area contributed by atoms with E-state index >= 15 is 0 Å². The number of hydrogen-bond acceptors (Lipinski definition) is 4. The Kier molecular flexibility index (Phi) is 5.13. The molecule has 5 nitrogen and oxygen atoms in total. The molecule has 4 rings (SSSR count). The first kappa shape index (κ1) is 19.6. The minimum Gasteiger partial charge on any atom is -0.348 e. The second-order valence-corrected chi connectivity index (χ2v) is 9.41. The van der Waals surface area contributed by atoms with E-state index in [2.05, 4.69) is 30.5 Å². The number of allylic oxidation sites excluding steroid dienone is 4. The van der Waals surface area contributed by atoms with Crippen molar-refractivity contribution >= 4 is 28.7 Å². The smallest absolute Gasteiger partial charge is 0.283 e. The molecule has 2 aliphatic rings. The van der Waals surface area contributed by atoms with Crippen molar-refractivity contribution in [3.05, 3.63) is 58.4 Å². The highest BCUT2D eigenvalue weighted by molar-refractivity contribution is 7.15. The Morgan fingerprint density at radius 3 is 2.72 bits per heavy atom. The van der Waals surface area contributed by atoms with Gasteiger partial charge < -0.3 is 10.2 Å². The van der Waals surface area contributed by atoms with Crippen LogP contribution in [0.3, 0.4) is 0 Å². The molecule has 2 aromatic rings. The zero-order chi connectivity index (χ0) is 20.6. The van der Waals surface area contributed by atoms with Crippen molar-refractivity contribution in [2.75, 3.05) is 13.1 Å². The summed E-state index contributed by atoms with van der Waals surface area (Å²) < 4.78 is 0. The van der Waals surface area contributed by atoms with Crippen LogP contribution in [0.4, 0.5) is 0 Å². The second-order valence-electron chi connectivity index (χ2n) is 8.41. The van der Waals surface area contributed by atoms with Gasteiger partial charge in [-0.3, -0.25) is 9.59 Å². The second kappa shape index (κ2) is 7.59. The maximum Gasteiger partial charge on any atom is 0.283 e. The van der Waals surface area contributed by atoms with Gasteiger partial charge in [-0.1, -0.05) is 55.5 Å². The molecule has 1 N–H and O–H groups in total. The van der Waals surface area contributed by atoms with Crippen LogP contribution in [0.25, 0.3) is 16.8 Å². The summed E-state index contributed by atoms with van der Waals surface area (Å²) in [4.78, 5) is 32.7. The third kappa shape index (κ3) is 4.17. The number of piperazine rings is 1. The van der Waals surface area contributed by atoms with Crippen molar-refractivity contribution < 1.29 is 9.59 Å². The molecule has 0 spiro atoms. The highest BCUT2D eigenvalue weighted by atomic mass is 32.1. The number of hydrogen-bond donors (Lipinski definition) is 1. The number of benzene rings is 1. The molecule has 1 atom stereocenters. The first-order valence-corrected chi connectivity index (χ1v) is 10.7. The Bertz CT molecular complexity index is 1000. The zero-order valence-corrected chi connectivity index (χ0v) is 17.8.